The van der Waals surface area contributed by atoms with Gasteiger partial charge < -0.3 is 4.98 Å². The van der Waals surface area contributed by atoms with Crippen LogP contribution in [0.2, 0.25) is 0 Å². The second-order valence-corrected chi connectivity index (χ2v) is 4.44. The van der Waals surface area contributed by atoms with Crippen LogP contribution < -0.4 is 0 Å². The van der Waals surface area contributed by atoms with Crippen LogP contribution in [-0.2, 0) is 6.42 Å². The molecule has 2 aromatic heterocycles. The Morgan fingerprint density at radius 2 is 2.24 bits per heavy atom. The molecule has 0 spiro atoms. The molecule has 4 heteroatoms. The zero-order valence-electron chi connectivity index (χ0n) is 10.0. The highest BCUT2D eigenvalue weighted by Crippen LogP contribution is 2.20. The molecule has 3 nitrogen and oxygen atoms in total. The number of aromatic amines is 1. The molecular weight excluding hydrogens is 230 g/mol. The minimum Gasteiger partial charge on any atom is -0.343 e. The molecule has 0 bridgehead atoms. The van der Waals surface area contributed by atoms with E-state index in [1.165, 1.54) is 5.56 Å². The van der Waals surface area contributed by atoms with Crippen molar-refractivity contribution in [2.24, 2.45) is 0 Å². The number of H-pyrrole nitrogens is 1. The third-order valence-electron chi connectivity index (χ3n) is 2.61. The second-order valence-electron chi connectivity index (χ2n) is 4.02. The van der Waals surface area contributed by atoms with Crippen LogP contribution in [0.5, 0.6) is 0 Å². The Kier molecular flexibility index (Phi) is 3.64. The minimum absolute atomic E-state index is 0.630. The third-order valence-corrected chi connectivity index (χ3v) is 2.82. The molecule has 88 valence electrons. The van der Waals surface area contributed by atoms with E-state index < -0.39 is 0 Å². The summed E-state index contributed by atoms with van der Waals surface area (Å²) in [6, 6.07) is 3.88. The molecule has 0 aliphatic heterocycles. The van der Waals surface area contributed by atoms with Crippen LogP contribution in [0.4, 0.5) is 0 Å². The maximum Gasteiger partial charge on any atom is 0.130 e. The van der Waals surface area contributed by atoms with Gasteiger partial charge >= 0.3 is 0 Å². The van der Waals surface area contributed by atoms with Crippen molar-refractivity contribution in [1.29, 1.82) is 0 Å². The Morgan fingerprint density at radius 1 is 1.41 bits per heavy atom. The summed E-state index contributed by atoms with van der Waals surface area (Å²) in [7, 11) is 0. The number of hydrogen-bond donors (Lipinski definition) is 1. The lowest BCUT2D eigenvalue weighted by Crippen LogP contribution is -1.98. The number of aryl methyl sites for hydroxylation is 2. The second kappa shape index (κ2) is 5.19. The highest BCUT2D eigenvalue weighted by molar-refractivity contribution is 7.71. The van der Waals surface area contributed by atoms with E-state index in [1.807, 2.05) is 18.3 Å². The van der Waals surface area contributed by atoms with Crippen LogP contribution in [0.1, 0.15) is 24.7 Å². The molecule has 0 fully saturated rings. The lowest BCUT2D eigenvalue weighted by atomic mass is 10.1. The Balaban J connectivity index is 2.52. The molecule has 0 atom stereocenters. The molecule has 0 saturated heterocycles. The zero-order valence-corrected chi connectivity index (χ0v) is 10.8. The van der Waals surface area contributed by atoms with Crippen molar-refractivity contribution in [2.45, 2.75) is 26.7 Å². The van der Waals surface area contributed by atoms with Gasteiger partial charge in [-0.25, -0.2) is 4.98 Å². The highest BCUT2D eigenvalue weighted by Gasteiger charge is 2.04. The Hall–Kier alpha value is -1.55. The molecule has 0 aliphatic rings. The zero-order chi connectivity index (χ0) is 12.3. The average molecular weight is 245 g/mol. The summed E-state index contributed by atoms with van der Waals surface area (Å²) in [5, 5.41) is 0. The molecule has 0 unspecified atom stereocenters. The predicted octanol–water partition coefficient (Wildman–Crippen LogP) is 3.46. The van der Waals surface area contributed by atoms with Crippen LogP contribution in [0.15, 0.2) is 24.5 Å². The molecule has 2 rings (SSSR count). The molecule has 0 saturated carbocycles. The number of rotatable bonds is 3. The van der Waals surface area contributed by atoms with Gasteiger partial charge in [0.2, 0.25) is 0 Å². The Bertz CT molecular complexity index is 575. The van der Waals surface area contributed by atoms with E-state index in [2.05, 4.69) is 28.8 Å². The van der Waals surface area contributed by atoms with E-state index in [1.54, 1.807) is 6.20 Å². The van der Waals surface area contributed by atoms with Gasteiger partial charge in [0.15, 0.2) is 0 Å². The van der Waals surface area contributed by atoms with Crippen LogP contribution in [0, 0.1) is 11.6 Å². The maximum atomic E-state index is 5.19. The summed E-state index contributed by atoms with van der Waals surface area (Å²) in [6.07, 6.45) is 5.61. The molecule has 2 aromatic rings. The standard InChI is InChI=1S/C13H15N3S/c1-3-4-12-15-11(7-13(17)16-12)10-8-14-6-5-9(10)2/h5-8H,3-4H2,1-2H3,(H,15,16,17). The van der Waals surface area contributed by atoms with Gasteiger partial charge in [-0.1, -0.05) is 19.1 Å². The fraction of sp³-hybridized carbons (Fsp3) is 0.308. The summed E-state index contributed by atoms with van der Waals surface area (Å²) >= 11 is 5.19. The summed E-state index contributed by atoms with van der Waals surface area (Å²) in [5.74, 6) is 0.943. The van der Waals surface area contributed by atoms with Gasteiger partial charge in [0.25, 0.3) is 0 Å². The van der Waals surface area contributed by atoms with Gasteiger partial charge in [-0.05, 0) is 31.0 Å². The van der Waals surface area contributed by atoms with Crippen LogP contribution in [-0.4, -0.2) is 15.0 Å². The van der Waals surface area contributed by atoms with Crippen molar-refractivity contribution < 1.29 is 0 Å². The molecule has 2 heterocycles. The van der Waals surface area contributed by atoms with Gasteiger partial charge in [0, 0.05) is 24.4 Å². The summed E-state index contributed by atoms with van der Waals surface area (Å²) < 4.78 is 0.630. The first kappa shape index (κ1) is 11.9. The highest BCUT2D eigenvalue weighted by atomic mass is 32.1. The lowest BCUT2D eigenvalue weighted by molar-refractivity contribution is 0.833. The van der Waals surface area contributed by atoms with E-state index in [4.69, 9.17) is 12.2 Å². The summed E-state index contributed by atoms with van der Waals surface area (Å²) in [4.78, 5) is 11.8. The number of nitrogens with zero attached hydrogens (tertiary/aromatic N) is 2. The Labute approximate surface area is 106 Å². The van der Waals surface area contributed by atoms with E-state index in [9.17, 15) is 0 Å². The topological polar surface area (TPSA) is 41.6 Å². The van der Waals surface area contributed by atoms with E-state index in [0.29, 0.717) is 4.64 Å². The molecule has 0 amide bonds. The number of hydrogen-bond acceptors (Lipinski definition) is 3. The van der Waals surface area contributed by atoms with Gasteiger partial charge in [-0.15, -0.1) is 0 Å². The van der Waals surface area contributed by atoms with Crippen LogP contribution in [0.3, 0.4) is 0 Å². The number of pyridine rings is 1. The smallest absolute Gasteiger partial charge is 0.130 e. The van der Waals surface area contributed by atoms with Crippen molar-refractivity contribution in [3.05, 3.63) is 40.6 Å². The maximum absolute atomic E-state index is 5.19. The molecule has 1 N–H and O–H groups in total. The van der Waals surface area contributed by atoms with Crippen molar-refractivity contribution >= 4 is 12.2 Å². The van der Waals surface area contributed by atoms with Crippen LogP contribution >= 0.6 is 12.2 Å². The largest absolute Gasteiger partial charge is 0.343 e. The van der Waals surface area contributed by atoms with E-state index in [0.717, 1.165) is 29.9 Å². The fourth-order valence-corrected chi connectivity index (χ4v) is 1.98. The molecule has 0 radical (unpaired) electrons. The molecular formula is C13H15N3S. The normalized spacial score (nSPS) is 10.5. The van der Waals surface area contributed by atoms with Gasteiger partial charge in [-0.3, -0.25) is 4.98 Å². The predicted molar refractivity (Wildman–Crippen MR) is 71.4 cm³/mol. The van der Waals surface area contributed by atoms with E-state index in [-0.39, 0.29) is 0 Å². The third kappa shape index (κ3) is 2.77. The van der Waals surface area contributed by atoms with Gasteiger partial charge in [0.05, 0.1) is 5.69 Å². The minimum atomic E-state index is 0.630. The van der Waals surface area contributed by atoms with Crippen molar-refractivity contribution in [1.82, 2.24) is 15.0 Å². The van der Waals surface area contributed by atoms with Crippen LogP contribution in [0.25, 0.3) is 11.3 Å². The summed E-state index contributed by atoms with van der Waals surface area (Å²) in [6.45, 7) is 4.19. The van der Waals surface area contributed by atoms with E-state index >= 15 is 0 Å². The first-order valence-electron chi connectivity index (χ1n) is 5.72. The quantitative estimate of drug-likeness (QED) is 0.842. The van der Waals surface area contributed by atoms with Crippen molar-refractivity contribution in [3.63, 3.8) is 0 Å². The number of nitrogens with one attached hydrogen (secondary N) is 1. The molecule has 0 aliphatic carbocycles. The first-order valence-corrected chi connectivity index (χ1v) is 6.12. The summed E-state index contributed by atoms with van der Waals surface area (Å²) in [5.41, 5.74) is 3.26. The number of aromatic nitrogens is 3. The van der Waals surface area contributed by atoms with Crippen molar-refractivity contribution in [2.75, 3.05) is 0 Å². The first-order chi connectivity index (χ1) is 8.20. The fourth-order valence-electron chi connectivity index (χ4n) is 1.75. The van der Waals surface area contributed by atoms with Gasteiger partial charge in [0.1, 0.15) is 10.5 Å². The molecule has 17 heavy (non-hydrogen) atoms. The lowest BCUT2D eigenvalue weighted by Gasteiger charge is -2.07. The van der Waals surface area contributed by atoms with Crippen molar-refractivity contribution in [3.8, 4) is 11.3 Å². The SMILES string of the molecule is CCCc1nc(=S)cc(-c2cnccc2C)[nH]1. The monoisotopic (exact) mass is 245 g/mol. The molecule has 0 aromatic carbocycles. The van der Waals surface area contributed by atoms with Gasteiger partial charge in [-0.2, -0.15) is 0 Å². The Morgan fingerprint density at radius 3 is 2.94 bits per heavy atom. The average Bonchev–Trinajstić information content (AvgIpc) is 2.29.